The van der Waals surface area contributed by atoms with E-state index in [1.165, 1.54) is 0 Å². The summed E-state index contributed by atoms with van der Waals surface area (Å²) in [6, 6.07) is 0. The molecule has 0 saturated heterocycles. The SMILES string of the molecule is [O][Te](F)(F)(F)(F)F. The van der Waals surface area contributed by atoms with E-state index in [0.29, 0.717) is 0 Å². The van der Waals surface area contributed by atoms with Gasteiger partial charge in [0.2, 0.25) is 0 Å². The molecule has 0 aliphatic carbocycles. The van der Waals surface area contributed by atoms with E-state index in [0.717, 1.165) is 0 Å². The molecule has 0 amide bonds. The first-order chi connectivity index (χ1) is 2.45. The second kappa shape index (κ2) is 0.787. The van der Waals surface area contributed by atoms with Crippen molar-refractivity contribution in [3.63, 3.8) is 0 Å². The predicted octanol–water partition coefficient (Wildman–Crippen LogP) is 1.60. The van der Waals surface area contributed by atoms with Crippen molar-refractivity contribution in [3.05, 3.63) is 0 Å². The minimum atomic E-state index is -10.9. The zero-order valence-corrected chi connectivity index (χ0v) is 5.04. The molecule has 0 heterocycles. The number of halogens is 5. The van der Waals surface area contributed by atoms with Crippen LogP contribution in [-0.2, 0) is 3.47 Å². The number of hydrogen-bond donors (Lipinski definition) is 0. The van der Waals surface area contributed by atoms with Crippen molar-refractivity contribution in [2.45, 2.75) is 0 Å². The van der Waals surface area contributed by atoms with Gasteiger partial charge in [-0.25, -0.2) is 0 Å². The number of rotatable bonds is 0. The normalized spacial score (nSPS) is 23.1. The Hall–Kier alpha value is 0.400. The Balaban J connectivity index is 4.43. The molecule has 1 radical (unpaired) electrons. The number of hydrogen-bond acceptors (Lipinski definition) is 0. The molecule has 7 heavy (non-hydrogen) atoms. The zero-order chi connectivity index (χ0) is 6.41. The summed E-state index contributed by atoms with van der Waals surface area (Å²) in [6.45, 7) is 0. The third-order valence-corrected chi connectivity index (χ3v) is 0. The van der Waals surface area contributed by atoms with Crippen LogP contribution in [0.15, 0.2) is 0 Å². The standard InChI is InChI=1S/F5OTe/c1-7(2,3,4,5)6. The van der Waals surface area contributed by atoms with E-state index >= 15 is 0 Å². The second-order valence-electron chi connectivity index (χ2n) is 0.898. The van der Waals surface area contributed by atoms with Crippen LogP contribution in [0.4, 0.5) is 14.5 Å². The molecule has 0 saturated carbocycles. The van der Waals surface area contributed by atoms with E-state index in [1.807, 2.05) is 0 Å². The van der Waals surface area contributed by atoms with Crippen LogP contribution in [0, 0.1) is 0 Å². The summed E-state index contributed by atoms with van der Waals surface area (Å²) in [5.41, 5.74) is 0. The maximum absolute atomic E-state index is 10.9. The summed E-state index contributed by atoms with van der Waals surface area (Å²) in [6.07, 6.45) is 0. The average molecular weight is 239 g/mol. The van der Waals surface area contributed by atoms with Crippen LogP contribution in [-0.4, -0.2) is 18.7 Å². The molecular weight excluding hydrogens is 239 g/mol. The topological polar surface area (TPSA) is 19.9 Å². The van der Waals surface area contributed by atoms with Gasteiger partial charge in [-0.1, -0.05) is 0 Å². The molecule has 0 aliphatic rings. The molecule has 0 aliphatic heterocycles. The Morgan fingerprint density at radius 2 is 0.857 bits per heavy atom. The zero-order valence-electron chi connectivity index (χ0n) is 2.71. The Morgan fingerprint density at radius 1 is 0.857 bits per heavy atom. The first-order valence-electron chi connectivity index (χ1n) is 0.938. The summed E-state index contributed by atoms with van der Waals surface area (Å²) in [7, 11) is 0. The Bertz CT molecular complexity index is 66.6. The van der Waals surface area contributed by atoms with Crippen LogP contribution < -0.4 is 0 Å². The molecule has 0 atom stereocenters. The summed E-state index contributed by atoms with van der Waals surface area (Å²) in [4.78, 5) is 0. The molecule has 0 aromatic heterocycles. The summed E-state index contributed by atoms with van der Waals surface area (Å²) in [5.74, 6) is 0. The summed E-state index contributed by atoms with van der Waals surface area (Å²) >= 11 is -10.9. The van der Waals surface area contributed by atoms with Crippen LogP contribution in [0.25, 0.3) is 0 Å². The molecule has 1 nitrogen and oxygen atoms in total. The van der Waals surface area contributed by atoms with Gasteiger partial charge in [0.25, 0.3) is 0 Å². The Kier molecular flexibility index (Phi) is 0.832. The molecule has 0 aromatic carbocycles. The van der Waals surface area contributed by atoms with E-state index in [1.54, 1.807) is 0 Å². The van der Waals surface area contributed by atoms with E-state index < -0.39 is 18.7 Å². The van der Waals surface area contributed by atoms with Crippen molar-refractivity contribution in [3.8, 4) is 0 Å². The molecule has 0 unspecified atom stereocenters. The van der Waals surface area contributed by atoms with Gasteiger partial charge in [-0.2, -0.15) is 0 Å². The van der Waals surface area contributed by atoms with Gasteiger partial charge in [-0.05, 0) is 0 Å². The second-order valence-corrected chi connectivity index (χ2v) is 6.03. The van der Waals surface area contributed by atoms with Gasteiger partial charge >= 0.3 is 36.6 Å². The molecular formula is F5OTe. The third kappa shape index (κ3) is 776. The van der Waals surface area contributed by atoms with Crippen molar-refractivity contribution in [1.29, 1.82) is 0 Å². The molecule has 0 fully saturated rings. The van der Waals surface area contributed by atoms with Gasteiger partial charge < -0.3 is 0 Å². The molecule has 0 aromatic rings. The average Bonchev–Trinajstić information content (AvgIpc) is 0.592. The van der Waals surface area contributed by atoms with Crippen molar-refractivity contribution in [2.24, 2.45) is 0 Å². The van der Waals surface area contributed by atoms with Gasteiger partial charge in [0.05, 0.1) is 0 Å². The van der Waals surface area contributed by atoms with Crippen LogP contribution >= 0.6 is 0 Å². The van der Waals surface area contributed by atoms with Gasteiger partial charge in [0.15, 0.2) is 0 Å². The third-order valence-electron chi connectivity index (χ3n) is 0. The molecule has 0 spiro atoms. The van der Waals surface area contributed by atoms with E-state index in [2.05, 4.69) is 0 Å². The Labute approximate surface area is 37.3 Å². The van der Waals surface area contributed by atoms with Crippen molar-refractivity contribution in [1.82, 2.24) is 0 Å². The van der Waals surface area contributed by atoms with Gasteiger partial charge in [0.1, 0.15) is 0 Å². The summed E-state index contributed by atoms with van der Waals surface area (Å²) in [5, 5.41) is 0. The van der Waals surface area contributed by atoms with Crippen molar-refractivity contribution in [2.75, 3.05) is 0 Å². The minimum absolute atomic E-state index is 8.11. The van der Waals surface area contributed by atoms with E-state index in [-0.39, 0.29) is 0 Å². The fourth-order valence-corrected chi connectivity index (χ4v) is 0. The molecule has 0 rings (SSSR count). The fraction of sp³-hybridized carbons (Fsp3) is 0. The van der Waals surface area contributed by atoms with Crippen LogP contribution in [0.3, 0.4) is 0 Å². The van der Waals surface area contributed by atoms with E-state index in [4.69, 9.17) is 3.47 Å². The first kappa shape index (κ1) is 7.40. The van der Waals surface area contributed by atoms with Gasteiger partial charge in [0, 0.05) is 0 Å². The molecule has 47 valence electrons. The van der Waals surface area contributed by atoms with Crippen molar-refractivity contribution >= 4 is 18.7 Å². The first-order valence-corrected chi connectivity index (χ1v) is 6.29. The van der Waals surface area contributed by atoms with E-state index in [9.17, 15) is 14.5 Å². The molecule has 0 bridgehead atoms. The summed E-state index contributed by atoms with van der Waals surface area (Å²) < 4.78 is 58.3. The molecule has 7 heteroatoms. The van der Waals surface area contributed by atoms with Crippen LogP contribution in [0.5, 0.6) is 0 Å². The van der Waals surface area contributed by atoms with Crippen molar-refractivity contribution < 1.29 is 17.9 Å². The van der Waals surface area contributed by atoms with Gasteiger partial charge in [-0.3, -0.25) is 0 Å². The fourth-order valence-electron chi connectivity index (χ4n) is 0. The van der Waals surface area contributed by atoms with Gasteiger partial charge in [-0.15, -0.1) is 0 Å². The van der Waals surface area contributed by atoms with Crippen LogP contribution in [0.2, 0.25) is 0 Å². The maximum atomic E-state index is 10.0. The predicted molar refractivity (Wildman–Crippen MR) is 12.0 cm³/mol. The monoisotopic (exact) mass is 241 g/mol. The Morgan fingerprint density at radius 3 is 0.857 bits per heavy atom. The van der Waals surface area contributed by atoms with Crippen LogP contribution in [0.1, 0.15) is 0 Å². The molecule has 0 N–H and O–H groups in total. The quantitative estimate of drug-likeness (QED) is 0.451.